The molecule has 0 heterocycles. The SMILES string of the molecule is CCCCCC/C=C\CCCC(=O)O[C@H](CCCCCCC)CCOCC(COP(=O)([O-])OCCNC(=O)C(Cc1ccc(OCCNC(=O)OC(C)(C)C)cc1)C(=O)NCCOP(=O)([O-])OCC(COCC[C@@H](CCCCCCC)OC(=O)CCC/C=C\CCCCCC)NC(=O)CC(=O)CCCCCCCCCCC)NC(=O)CC(=O)CCCCCCCCCCC.[Na+].[Na+]. The van der Waals surface area contributed by atoms with E-state index in [1.54, 1.807) is 45.0 Å². The molecular formula is C99H175N5Na2O23P2. The summed E-state index contributed by atoms with van der Waals surface area (Å²) in [5.74, 6) is -5.37. The quantitative estimate of drug-likeness (QED) is 0.00769. The number of carbonyl (C=O) groups is 9. The topological polar surface area (TPSA) is 386 Å². The fraction of sp³-hybridized carbons (Fsp3) is 0.808. The van der Waals surface area contributed by atoms with Crippen LogP contribution < -0.4 is 100 Å². The smallest absolute Gasteiger partial charge is 0.756 e. The van der Waals surface area contributed by atoms with E-state index in [-0.39, 0.29) is 154 Å². The first kappa shape index (κ1) is 129. The number of unbranched alkanes of at least 4 members (excludes halogenated alkanes) is 34. The van der Waals surface area contributed by atoms with E-state index in [2.05, 4.69) is 92.4 Å². The monoisotopic (exact) mass is 1910 g/mol. The van der Waals surface area contributed by atoms with Gasteiger partial charge in [-0.05, 0) is 135 Å². The number of carbonyl (C=O) groups excluding carboxylic acids is 9. The van der Waals surface area contributed by atoms with Crippen LogP contribution >= 0.6 is 15.6 Å². The van der Waals surface area contributed by atoms with E-state index in [1.807, 2.05) is 0 Å². The Balaban J connectivity index is 0. The molecule has 0 aliphatic carbocycles. The van der Waals surface area contributed by atoms with Gasteiger partial charge < -0.3 is 82.9 Å². The number of hydrogen-bond acceptors (Lipinski definition) is 23. The Morgan fingerprint density at radius 3 is 1.08 bits per heavy atom. The maximum absolute atomic E-state index is 14.2. The number of esters is 2. The van der Waals surface area contributed by atoms with E-state index >= 15 is 0 Å². The first-order valence-electron chi connectivity index (χ1n) is 50.1. The molecule has 1 rings (SSSR count). The predicted octanol–water partition coefficient (Wildman–Crippen LogP) is 14.5. The summed E-state index contributed by atoms with van der Waals surface area (Å²) in [6.45, 7) is 14.4. The summed E-state index contributed by atoms with van der Waals surface area (Å²) >= 11 is 0. The molecule has 0 radical (unpaired) electrons. The summed E-state index contributed by atoms with van der Waals surface area (Å²) in [6.07, 6.45) is 52.1. The van der Waals surface area contributed by atoms with Crippen molar-refractivity contribution in [2.24, 2.45) is 5.92 Å². The zero-order valence-corrected chi connectivity index (χ0v) is 89.0. The zero-order chi connectivity index (χ0) is 95.0. The molecule has 32 heteroatoms. The first-order valence-corrected chi connectivity index (χ1v) is 53.0. The van der Waals surface area contributed by atoms with Gasteiger partial charge in [0.25, 0.3) is 15.6 Å². The summed E-state index contributed by atoms with van der Waals surface area (Å²) in [6, 6.07) is 4.19. The summed E-state index contributed by atoms with van der Waals surface area (Å²) in [5, 5.41) is 13.1. The third-order valence-electron chi connectivity index (χ3n) is 21.7. The second-order valence-corrected chi connectivity index (χ2v) is 38.1. The van der Waals surface area contributed by atoms with Crippen molar-refractivity contribution in [3.05, 3.63) is 54.1 Å². The molecule has 0 fully saturated rings. The molecule has 746 valence electrons. The van der Waals surface area contributed by atoms with Gasteiger partial charge >= 0.3 is 77.1 Å². The van der Waals surface area contributed by atoms with Crippen LogP contribution in [0.25, 0.3) is 0 Å². The maximum atomic E-state index is 14.2. The van der Waals surface area contributed by atoms with Gasteiger partial charge in [-0.1, -0.05) is 271 Å². The van der Waals surface area contributed by atoms with Gasteiger partial charge in [0, 0.05) is 51.6 Å². The number of alkyl carbamates (subject to hydrolysis) is 1. The second kappa shape index (κ2) is 87.6. The summed E-state index contributed by atoms with van der Waals surface area (Å²) in [4.78, 5) is 147. The molecule has 131 heavy (non-hydrogen) atoms. The minimum Gasteiger partial charge on any atom is -0.756 e. The van der Waals surface area contributed by atoms with E-state index in [9.17, 15) is 62.1 Å². The van der Waals surface area contributed by atoms with Crippen molar-refractivity contribution in [1.29, 1.82) is 0 Å². The number of allylic oxidation sites excluding steroid dienone is 4. The summed E-state index contributed by atoms with van der Waals surface area (Å²) < 4.78 is 83.1. The Labute approximate surface area is 834 Å². The molecule has 5 amide bonds. The molecule has 1 aromatic rings. The largest absolute Gasteiger partial charge is 1.00 e. The van der Waals surface area contributed by atoms with Crippen LogP contribution in [0.4, 0.5) is 4.79 Å². The summed E-state index contributed by atoms with van der Waals surface area (Å²) in [7, 11) is -10.4. The molecule has 1 aromatic carbocycles. The van der Waals surface area contributed by atoms with Crippen molar-refractivity contribution in [3.63, 3.8) is 0 Å². The number of phosphoric acid groups is 2. The van der Waals surface area contributed by atoms with Crippen molar-refractivity contribution in [2.75, 3.05) is 79.1 Å². The van der Waals surface area contributed by atoms with Crippen LogP contribution in [0.2, 0.25) is 0 Å². The van der Waals surface area contributed by atoms with Crippen LogP contribution in [0, 0.1) is 5.92 Å². The molecule has 0 saturated heterocycles. The van der Waals surface area contributed by atoms with Crippen molar-refractivity contribution in [3.8, 4) is 5.75 Å². The van der Waals surface area contributed by atoms with Gasteiger partial charge in [-0.25, -0.2) is 4.79 Å². The Hall–Kier alpha value is -3.93. The maximum Gasteiger partial charge on any atom is 1.00 e. The van der Waals surface area contributed by atoms with Crippen molar-refractivity contribution < 1.29 is 168 Å². The number of hydrogen-bond donors (Lipinski definition) is 5. The van der Waals surface area contributed by atoms with Crippen LogP contribution in [0.1, 0.15) is 402 Å². The van der Waals surface area contributed by atoms with Crippen LogP contribution in [-0.4, -0.2) is 162 Å². The van der Waals surface area contributed by atoms with Crippen molar-refractivity contribution in [2.45, 2.75) is 433 Å². The van der Waals surface area contributed by atoms with Crippen molar-refractivity contribution in [1.82, 2.24) is 26.6 Å². The Bertz CT molecular complexity index is 3060. The number of nitrogens with one attached hydrogen (secondary N) is 5. The molecule has 6 atom stereocenters. The van der Waals surface area contributed by atoms with Gasteiger partial charge in [0.2, 0.25) is 23.6 Å². The second-order valence-electron chi connectivity index (χ2n) is 35.3. The third-order valence-corrected chi connectivity index (χ3v) is 23.6. The van der Waals surface area contributed by atoms with Gasteiger partial charge in [0.05, 0.1) is 84.3 Å². The van der Waals surface area contributed by atoms with Gasteiger partial charge in [-0.3, -0.25) is 47.5 Å². The molecular weight excluding hydrogens is 1740 g/mol. The predicted molar refractivity (Wildman–Crippen MR) is 506 cm³/mol. The fourth-order valence-electron chi connectivity index (χ4n) is 14.3. The minimum atomic E-state index is -5.22. The van der Waals surface area contributed by atoms with Crippen LogP contribution in [0.15, 0.2) is 48.6 Å². The number of rotatable bonds is 90. The number of ketones is 2. The zero-order valence-electron chi connectivity index (χ0n) is 83.3. The van der Waals surface area contributed by atoms with E-state index in [0.29, 0.717) is 62.7 Å². The van der Waals surface area contributed by atoms with E-state index < -0.39 is 134 Å². The molecule has 4 unspecified atom stereocenters. The van der Waals surface area contributed by atoms with Gasteiger partial charge in [0.1, 0.15) is 47.6 Å². The number of Topliss-reactive ketones (excluding diaryl/α,β-unsaturated/α-hetero) is 2. The van der Waals surface area contributed by atoms with Crippen LogP contribution in [-0.2, 0) is 95.7 Å². The molecule has 0 spiro atoms. The molecule has 0 aliphatic heterocycles. The van der Waals surface area contributed by atoms with E-state index in [0.717, 1.165) is 154 Å². The third kappa shape index (κ3) is 81.8. The Kier molecular flexibility index (Phi) is 86.3. The minimum absolute atomic E-state index is 0. The standard InChI is InChI=1S/C99H177N5O23P2.2Na/c1-10-16-22-28-32-36-40-46-50-56-86(105)77-92(107)103-84(79-118-71-66-89(58-52-44-26-20-14-5)125-94(109)60-54-48-42-38-34-30-24-18-12-3)81-123-128(114,115)121-74-69-100-96(111)91(76-83-62-64-88(65-63-83)120-73-68-102-98(113)127-99(7,8)9)97(112)101-70-75-122-129(116,117)124-82-85(104-93(108)78-87(106)57-51-47-41-37-33-29-23-17-11-2)80-119-72-67-90(59-53-45-27-21-15-6)126-95(110)61-55-49-43-39-35-31-25-19-13-4;;/h38-39,42-43,62-65,84-85,89-91H,10-37,40-41,44-61,66-82H2,1-9H3,(H,100,111)(H,101,112)(H,102,113)(H,103,107)(H,104,108)(H,114,115)(H,116,117);;/q;2*+1/p-2/b42-38-,43-39-;;/t84?,85?,89-,90-,91?;;/m1../s1. The van der Waals surface area contributed by atoms with E-state index in [1.165, 1.54) is 89.9 Å². The number of benzene rings is 1. The molecule has 0 aliphatic rings. The average molecular weight is 1910 g/mol. The van der Waals surface area contributed by atoms with E-state index in [4.69, 9.17) is 46.5 Å². The fourth-order valence-corrected chi connectivity index (χ4v) is 15.8. The Morgan fingerprint density at radius 1 is 0.382 bits per heavy atom. The summed E-state index contributed by atoms with van der Waals surface area (Å²) in [5.41, 5.74) is -0.245. The number of phosphoric ester groups is 2. The van der Waals surface area contributed by atoms with Crippen molar-refractivity contribution >= 4 is 68.9 Å². The molecule has 28 nitrogen and oxygen atoms in total. The molecule has 0 bridgehead atoms. The van der Waals surface area contributed by atoms with Crippen LogP contribution in [0.5, 0.6) is 5.75 Å². The molecule has 0 aromatic heterocycles. The first-order chi connectivity index (χ1) is 62.2. The van der Waals surface area contributed by atoms with Gasteiger partial charge in [0.15, 0.2) is 0 Å². The van der Waals surface area contributed by atoms with Gasteiger partial charge in [-0.2, -0.15) is 0 Å². The average Bonchev–Trinajstić information content (AvgIpc) is 0.856. The van der Waals surface area contributed by atoms with Gasteiger partial charge in [-0.15, -0.1) is 0 Å². The normalized spacial score (nSPS) is 13.6. The Morgan fingerprint density at radius 2 is 0.718 bits per heavy atom. The number of ether oxygens (including phenoxy) is 6. The van der Waals surface area contributed by atoms with Crippen LogP contribution in [0.3, 0.4) is 0 Å². The number of amides is 5. The molecule has 5 N–H and O–H groups in total. The molecule has 0 saturated carbocycles.